The molecule has 0 N–H and O–H groups in total. The third-order valence-electron chi connectivity index (χ3n) is 4.82. The first-order valence-electron chi connectivity index (χ1n) is 8.76. The van der Waals surface area contributed by atoms with Crippen molar-refractivity contribution in [2.75, 3.05) is 37.9 Å². The average molecular weight is 338 g/mol. The van der Waals surface area contributed by atoms with Gasteiger partial charge in [-0.2, -0.15) is 0 Å². The molecule has 0 aromatic heterocycles. The fraction of sp³-hybridized carbons (Fsp3) is 0.350. The van der Waals surface area contributed by atoms with Crippen molar-refractivity contribution in [3.8, 4) is 11.5 Å². The largest absolute Gasteiger partial charge is 0.454 e. The summed E-state index contributed by atoms with van der Waals surface area (Å²) in [6.07, 6.45) is 1.26. The van der Waals surface area contributed by atoms with Crippen LogP contribution in [0.25, 0.3) is 0 Å². The van der Waals surface area contributed by atoms with Gasteiger partial charge in [0.2, 0.25) is 12.7 Å². The molecule has 2 aromatic carbocycles. The molecular formula is C20H22N2O3. The number of amides is 1. The highest BCUT2D eigenvalue weighted by molar-refractivity contribution is 5.77. The second-order valence-corrected chi connectivity index (χ2v) is 6.39. The smallest absolute Gasteiger partial charge is 0.231 e. The first kappa shape index (κ1) is 15.8. The molecule has 1 saturated heterocycles. The SMILES string of the molecule is O=C(CCc1ccc2c(c1)OCO2)N1CCN(c2ccccc2)CC1. The molecule has 0 aliphatic carbocycles. The third-order valence-corrected chi connectivity index (χ3v) is 4.82. The minimum Gasteiger partial charge on any atom is -0.454 e. The maximum absolute atomic E-state index is 12.5. The minimum absolute atomic E-state index is 0.227. The molecule has 0 spiro atoms. The Morgan fingerprint density at radius 2 is 1.68 bits per heavy atom. The highest BCUT2D eigenvalue weighted by Gasteiger charge is 2.21. The molecule has 0 saturated carbocycles. The summed E-state index contributed by atoms with van der Waals surface area (Å²) < 4.78 is 10.7. The average Bonchev–Trinajstić information content (AvgIpc) is 3.15. The van der Waals surface area contributed by atoms with E-state index in [1.165, 1.54) is 5.69 Å². The van der Waals surface area contributed by atoms with Crippen LogP contribution < -0.4 is 14.4 Å². The van der Waals surface area contributed by atoms with Crippen LogP contribution in [0.15, 0.2) is 48.5 Å². The van der Waals surface area contributed by atoms with Crippen molar-refractivity contribution in [2.24, 2.45) is 0 Å². The normalized spacial score (nSPS) is 16.2. The molecule has 0 unspecified atom stereocenters. The van der Waals surface area contributed by atoms with Crippen LogP contribution in [0.5, 0.6) is 11.5 Å². The van der Waals surface area contributed by atoms with Crippen LogP contribution in [0.3, 0.4) is 0 Å². The summed E-state index contributed by atoms with van der Waals surface area (Å²) in [6, 6.07) is 16.3. The number of para-hydroxylation sites is 1. The molecule has 130 valence electrons. The van der Waals surface area contributed by atoms with Crippen molar-refractivity contribution in [1.29, 1.82) is 0 Å². The molecule has 0 radical (unpaired) electrons. The zero-order chi connectivity index (χ0) is 17.1. The number of hydrogen-bond donors (Lipinski definition) is 0. The van der Waals surface area contributed by atoms with Crippen LogP contribution in [-0.4, -0.2) is 43.8 Å². The zero-order valence-electron chi connectivity index (χ0n) is 14.2. The molecule has 2 aliphatic rings. The van der Waals surface area contributed by atoms with E-state index < -0.39 is 0 Å². The molecule has 0 atom stereocenters. The number of hydrogen-bond acceptors (Lipinski definition) is 4. The first-order valence-corrected chi connectivity index (χ1v) is 8.76. The summed E-state index contributed by atoms with van der Waals surface area (Å²) in [5.74, 6) is 1.79. The number of nitrogens with zero attached hydrogens (tertiary/aromatic N) is 2. The van der Waals surface area contributed by atoms with Gasteiger partial charge in [-0.25, -0.2) is 0 Å². The maximum atomic E-state index is 12.5. The van der Waals surface area contributed by atoms with Gasteiger partial charge in [-0.05, 0) is 36.2 Å². The molecule has 0 bridgehead atoms. The quantitative estimate of drug-likeness (QED) is 0.860. The molecular weight excluding hydrogens is 316 g/mol. The van der Waals surface area contributed by atoms with Crippen molar-refractivity contribution in [3.05, 3.63) is 54.1 Å². The van der Waals surface area contributed by atoms with Gasteiger partial charge < -0.3 is 19.3 Å². The number of piperazine rings is 1. The number of anilines is 1. The van der Waals surface area contributed by atoms with Crippen LogP contribution in [0, 0.1) is 0 Å². The monoisotopic (exact) mass is 338 g/mol. The van der Waals surface area contributed by atoms with Gasteiger partial charge in [-0.1, -0.05) is 24.3 Å². The van der Waals surface area contributed by atoms with Gasteiger partial charge in [0.15, 0.2) is 11.5 Å². The number of benzene rings is 2. The Hall–Kier alpha value is -2.69. The van der Waals surface area contributed by atoms with Gasteiger partial charge in [0, 0.05) is 38.3 Å². The van der Waals surface area contributed by atoms with Crippen molar-refractivity contribution < 1.29 is 14.3 Å². The molecule has 1 fully saturated rings. The standard InChI is InChI=1S/C20H22N2O3/c23-20(9-7-16-6-8-18-19(14-16)25-15-24-18)22-12-10-21(11-13-22)17-4-2-1-3-5-17/h1-6,8,14H,7,9-13,15H2. The van der Waals surface area contributed by atoms with E-state index in [0.29, 0.717) is 6.42 Å². The van der Waals surface area contributed by atoms with E-state index in [2.05, 4.69) is 29.2 Å². The summed E-state index contributed by atoms with van der Waals surface area (Å²) in [5.41, 5.74) is 2.34. The molecule has 5 heteroatoms. The van der Waals surface area contributed by atoms with E-state index >= 15 is 0 Å². The van der Waals surface area contributed by atoms with Crippen molar-refractivity contribution in [3.63, 3.8) is 0 Å². The third kappa shape index (κ3) is 3.55. The summed E-state index contributed by atoms with van der Waals surface area (Å²) in [7, 11) is 0. The number of carbonyl (C=O) groups excluding carboxylic acids is 1. The Balaban J connectivity index is 1.28. The van der Waals surface area contributed by atoms with Gasteiger partial charge in [0.05, 0.1) is 0 Å². The van der Waals surface area contributed by atoms with Gasteiger partial charge in [0.1, 0.15) is 0 Å². The Bertz CT molecular complexity index is 740. The van der Waals surface area contributed by atoms with Crippen LogP contribution in [-0.2, 0) is 11.2 Å². The molecule has 2 aliphatic heterocycles. The summed E-state index contributed by atoms with van der Waals surface area (Å²) >= 11 is 0. The van der Waals surface area contributed by atoms with Gasteiger partial charge in [-0.3, -0.25) is 4.79 Å². The van der Waals surface area contributed by atoms with Crippen LogP contribution in [0.4, 0.5) is 5.69 Å². The molecule has 4 rings (SSSR count). The van der Waals surface area contributed by atoms with Crippen LogP contribution >= 0.6 is 0 Å². The van der Waals surface area contributed by atoms with Gasteiger partial charge >= 0.3 is 0 Å². The maximum Gasteiger partial charge on any atom is 0.231 e. The lowest BCUT2D eigenvalue weighted by Gasteiger charge is -2.36. The van der Waals surface area contributed by atoms with E-state index in [1.807, 2.05) is 29.2 Å². The van der Waals surface area contributed by atoms with E-state index in [9.17, 15) is 4.79 Å². The van der Waals surface area contributed by atoms with Crippen molar-refractivity contribution in [1.82, 2.24) is 4.90 Å². The predicted molar refractivity (Wildman–Crippen MR) is 96.1 cm³/mol. The number of aryl methyl sites for hydroxylation is 1. The lowest BCUT2D eigenvalue weighted by Crippen LogP contribution is -2.48. The van der Waals surface area contributed by atoms with Crippen molar-refractivity contribution >= 4 is 11.6 Å². The molecule has 25 heavy (non-hydrogen) atoms. The van der Waals surface area contributed by atoms with Crippen molar-refractivity contribution in [2.45, 2.75) is 12.8 Å². The van der Waals surface area contributed by atoms with E-state index in [0.717, 1.165) is 49.7 Å². The van der Waals surface area contributed by atoms with E-state index in [-0.39, 0.29) is 12.7 Å². The highest BCUT2D eigenvalue weighted by atomic mass is 16.7. The lowest BCUT2D eigenvalue weighted by molar-refractivity contribution is -0.131. The lowest BCUT2D eigenvalue weighted by atomic mass is 10.1. The Morgan fingerprint density at radius 3 is 2.48 bits per heavy atom. The second-order valence-electron chi connectivity index (χ2n) is 6.39. The predicted octanol–water partition coefficient (Wildman–Crippen LogP) is 2.70. The summed E-state index contributed by atoms with van der Waals surface area (Å²) in [6.45, 7) is 3.63. The molecule has 2 heterocycles. The Morgan fingerprint density at radius 1 is 0.920 bits per heavy atom. The Kier molecular flexibility index (Phi) is 4.46. The Labute approximate surface area is 147 Å². The summed E-state index contributed by atoms with van der Waals surface area (Å²) in [4.78, 5) is 16.8. The number of carbonyl (C=O) groups is 1. The van der Waals surface area contributed by atoms with Gasteiger partial charge in [0.25, 0.3) is 0 Å². The second kappa shape index (κ2) is 7.05. The molecule has 2 aromatic rings. The summed E-state index contributed by atoms with van der Waals surface area (Å²) in [5, 5.41) is 0. The fourth-order valence-electron chi connectivity index (χ4n) is 3.36. The number of ether oxygens (including phenoxy) is 2. The van der Waals surface area contributed by atoms with E-state index in [1.54, 1.807) is 0 Å². The van der Waals surface area contributed by atoms with Crippen LogP contribution in [0.2, 0.25) is 0 Å². The molecule has 1 amide bonds. The fourth-order valence-corrected chi connectivity index (χ4v) is 3.36. The topological polar surface area (TPSA) is 42.0 Å². The minimum atomic E-state index is 0.227. The first-order chi connectivity index (χ1) is 12.3. The zero-order valence-corrected chi connectivity index (χ0v) is 14.2. The van der Waals surface area contributed by atoms with E-state index in [4.69, 9.17) is 9.47 Å². The van der Waals surface area contributed by atoms with Crippen LogP contribution in [0.1, 0.15) is 12.0 Å². The molecule has 5 nitrogen and oxygen atoms in total. The highest BCUT2D eigenvalue weighted by Crippen LogP contribution is 2.32. The van der Waals surface area contributed by atoms with Gasteiger partial charge in [-0.15, -0.1) is 0 Å². The number of rotatable bonds is 4. The number of fused-ring (bicyclic) bond motifs is 1.